The predicted molar refractivity (Wildman–Crippen MR) is 334 cm³/mol. The van der Waals surface area contributed by atoms with Crippen molar-refractivity contribution in [2.75, 3.05) is 47.5 Å². The van der Waals surface area contributed by atoms with Gasteiger partial charge in [-0.1, -0.05) is 314 Å². The first-order valence-corrected chi connectivity index (χ1v) is 34.5. The van der Waals surface area contributed by atoms with E-state index in [2.05, 4.69) is 38.2 Å². The lowest BCUT2D eigenvalue weighted by molar-refractivity contribution is -0.870. The first-order chi connectivity index (χ1) is 38.6. The van der Waals surface area contributed by atoms with Crippen LogP contribution in [0, 0.1) is 0 Å². The Hall–Kier alpha value is -2.23. The smallest absolute Gasteiger partial charge is 0.306 e. The predicted octanol–water partition coefficient (Wildman–Crippen LogP) is 19.7. The summed E-state index contributed by atoms with van der Waals surface area (Å²) in [5.41, 5.74) is 0. The van der Waals surface area contributed by atoms with E-state index in [1.807, 2.05) is 21.1 Å². The van der Waals surface area contributed by atoms with Crippen LogP contribution in [0.25, 0.3) is 0 Å². The lowest BCUT2D eigenvalue weighted by Gasteiger charge is -2.26. The second-order valence-corrected chi connectivity index (χ2v) is 24.8. The molecule has 0 bridgehead atoms. The van der Waals surface area contributed by atoms with Gasteiger partial charge < -0.3 is 33.3 Å². The molecule has 0 saturated heterocycles. The molecule has 0 heterocycles. The molecule has 9 nitrogen and oxygen atoms in total. The molecule has 466 valence electrons. The molecule has 0 aliphatic heterocycles. The number of aliphatic carboxylic acids is 1. The van der Waals surface area contributed by atoms with Crippen LogP contribution in [0.1, 0.15) is 348 Å². The maximum Gasteiger partial charge on any atom is 0.306 e. The Labute approximate surface area is 490 Å². The number of ether oxygens (including phenoxy) is 4. The SMILES string of the molecule is CCCCC/C=C\C/C=C\CCCCCCCC(=O)OC(COC(=O)CCCCCCCCCCCCCCCCCCCCCCCCCCCCCCCCCCCCCCCCC)COC(OCC[N+](C)(C)C)C(=O)[O-]. The van der Waals surface area contributed by atoms with Gasteiger partial charge in [0.1, 0.15) is 13.2 Å². The van der Waals surface area contributed by atoms with Gasteiger partial charge in [-0.3, -0.25) is 9.59 Å². The highest BCUT2D eigenvalue weighted by Gasteiger charge is 2.22. The summed E-state index contributed by atoms with van der Waals surface area (Å²) in [6, 6.07) is 0. The summed E-state index contributed by atoms with van der Waals surface area (Å²) in [6.45, 7) is 4.76. The molecule has 0 saturated carbocycles. The van der Waals surface area contributed by atoms with Crippen LogP contribution in [0.3, 0.4) is 0 Å². The molecule has 0 aliphatic carbocycles. The minimum absolute atomic E-state index is 0.147. The number of quaternary nitrogens is 1. The number of rotatable bonds is 65. The Morgan fingerprint density at radius 3 is 1.03 bits per heavy atom. The molecule has 9 heteroatoms. The Kier molecular flexibility index (Phi) is 60.1. The van der Waals surface area contributed by atoms with Crippen molar-refractivity contribution in [3.05, 3.63) is 24.3 Å². The van der Waals surface area contributed by atoms with Crippen LogP contribution in [0.4, 0.5) is 0 Å². The molecule has 0 aromatic heterocycles. The Bertz CT molecular complexity index is 1340. The van der Waals surface area contributed by atoms with Gasteiger partial charge >= 0.3 is 11.9 Å². The van der Waals surface area contributed by atoms with E-state index in [0.717, 1.165) is 57.8 Å². The van der Waals surface area contributed by atoms with Crippen LogP contribution in [0.2, 0.25) is 0 Å². The second kappa shape index (κ2) is 61.8. The summed E-state index contributed by atoms with van der Waals surface area (Å²) in [5, 5.41) is 11.8. The van der Waals surface area contributed by atoms with E-state index in [-0.39, 0.29) is 32.2 Å². The normalized spacial score (nSPS) is 12.8. The molecule has 0 amide bonds. The number of hydrogen-bond acceptors (Lipinski definition) is 8. The zero-order valence-corrected chi connectivity index (χ0v) is 53.3. The molecule has 0 aliphatic rings. The summed E-state index contributed by atoms with van der Waals surface area (Å²) in [4.78, 5) is 37.3. The van der Waals surface area contributed by atoms with Gasteiger partial charge in [-0.25, -0.2) is 0 Å². The maximum absolute atomic E-state index is 12.8. The number of carboxylic acid groups (broad SMARTS) is 1. The molecule has 0 aromatic rings. The number of nitrogens with zero attached hydrogens (tertiary/aromatic N) is 1. The Morgan fingerprint density at radius 1 is 0.380 bits per heavy atom. The fourth-order valence-corrected chi connectivity index (χ4v) is 10.4. The largest absolute Gasteiger partial charge is 0.545 e. The Morgan fingerprint density at radius 2 is 0.684 bits per heavy atom. The highest BCUT2D eigenvalue weighted by Crippen LogP contribution is 2.19. The van der Waals surface area contributed by atoms with Crippen molar-refractivity contribution in [1.29, 1.82) is 0 Å². The van der Waals surface area contributed by atoms with E-state index < -0.39 is 24.3 Å². The van der Waals surface area contributed by atoms with Crippen LogP contribution in [0.5, 0.6) is 0 Å². The summed E-state index contributed by atoms with van der Waals surface area (Å²) < 4.78 is 22.7. The second-order valence-electron chi connectivity index (χ2n) is 24.8. The highest BCUT2D eigenvalue weighted by molar-refractivity contribution is 5.70. The fourth-order valence-electron chi connectivity index (χ4n) is 10.4. The van der Waals surface area contributed by atoms with E-state index in [9.17, 15) is 19.5 Å². The number of allylic oxidation sites excluding steroid dienone is 4. The average Bonchev–Trinajstić information content (AvgIpc) is 3.42. The van der Waals surface area contributed by atoms with Gasteiger partial charge in [0.15, 0.2) is 12.4 Å². The van der Waals surface area contributed by atoms with E-state index in [1.165, 1.54) is 257 Å². The third-order valence-corrected chi connectivity index (χ3v) is 15.7. The standard InChI is InChI=1S/C70H133NO8/c1-6-8-10-12-14-16-18-20-22-23-24-25-26-27-28-29-30-31-32-33-34-35-36-37-38-39-40-41-42-43-44-45-47-48-50-52-54-56-58-60-67(72)77-64-66(65-78-70(69(74)75)76-63-62-71(3,4)5)79-68(73)61-59-57-55-53-51-49-46-21-19-17-15-13-11-9-7-2/h15,17,21,46,66,70H,6-14,16,18-20,22-45,47-65H2,1-5H3/b17-15-,46-21-. The van der Waals surface area contributed by atoms with E-state index in [0.29, 0.717) is 23.9 Å². The first kappa shape index (κ1) is 76.8. The van der Waals surface area contributed by atoms with Crippen molar-refractivity contribution in [1.82, 2.24) is 0 Å². The van der Waals surface area contributed by atoms with Gasteiger partial charge in [-0.15, -0.1) is 0 Å². The Balaban J connectivity index is 3.89. The molecule has 2 atom stereocenters. The fraction of sp³-hybridized carbons (Fsp3) is 0.900. The molecule has 0 fully saturated rings. The molecule has 2 unspecified atom stereocenters. The van der Waals surface area contributed by atoms with Crippen LogP contribution in [-0.2, 0) is 33.3 Å². The highest BCUT2D eigenvalue weighted by atomic mass is 16.7. The van der Waals surface area contributed by atoms with Gasteiger partial charge in [-0.05, 0) is 44.9 Å². The number of hydrogen-bond donors (Lipinski definition) is 0. The van der Waals surface area contributed by atoms with Gasteiger partial charge in [0.2, 0.25) is 0 Å². The van der Waals surface area contributed by atoms with Gasteiger partial charge in [0, 0.05) is 12.8 Å². The van der Waals surface area contributed by atoms with Crippen molar-refractivity contribution >= 4 is 17.9 Å². The van der Waals surface area contributed by atoms with Gasteiger partial charge in [0.05, 0.1) is 40.3 Å². The number of carbonyl (C=O) groups is 3. The molecular weight excluding hydrogens is 983 g/mol. The number of carboxylic acids is 1. The summed E-state index contributed by atoms with van der Waals surface area (Å²) in [5.74, 6) is -2.28. The van der Waals surface area contributed by atoms with Gasteiger partial charge in [-0.2, -0.15) is 0 Å². The van der Waals surface area contributed by atoms with Crippen LogP contribution in [-0.4, -0.2) is 82.3 Å². The molecular formula is C70H133NO8. The van der Waals surface area contributed by atoms with Crippen molar-refractivity contribution in [2.24, 2.45) is 0 Å². The zero-order valence-electron chi connectivity index (χ0n) is 53.3. The molecule has 0 radical (unpaired) electrons. The number of carbonyl (C=O) groups excluding carboxylic acids is 3. The van der Waals surface area contributed by atoms with Crippen LogP contribution >= 0.6 is 0 Å². The zero-order chi connectivity index (χ0) is 57.6. The van der Waals surface area contributed by atoms with Crippen molar-refractivity contribution in [3.8, 4) is 0 Å². The summed E-state index contributed by atoms with van der Waals surface area (Å²) in [6.07, 6.45) is 73.0. The monoisotopic (exact) mass is 1120 g/mol. The average molecular weight is 1120 g/mol. The van der Waals surface area contributed by atoms with Gasteiger partial charge in [0.25, 0.3) is 0 Å². The van der Waals surface area contributed by atoms with E-state index >= 15 is 0 Å². The topological polar surface area (TPSA) is 111 Å². The molecule has 0 rings (SSSR count). The minimum Gasteiger partial charge on any atom is -0.545 e. The number of unbranched alkanes of at least 4 members (excludes halogenated alkanes) is 46. The van der Waals surface area contributed by atoms with Crippen LogP contribution < -0.4 is 5.11 Å². The van der Waals surface area contributed by atoms with Crippen molar-refractivity contribution in [2.45, 2.75) is 360 Å². The quantitative estimate of drug-likeness (QED) is 0.0195. The van der Waals surface area contributed by atoms with E-state index in [4.69, 9.17) is 18.9 Å². The molecule has 79 heavy (non-hydrogen) atoms. The molecule has 0 spiro atoms. The van der Waals surface area contributed by atoms with Crippen LogP contribution in [0.15, 0.2) is 24.3 Å². The maximum atomic E-state index is 12.8. The van der Waals surface area contributed by atoms with Crippen molar-refractivity contribution in [3.63, 3.8) is 0 Å². The summed E-state index contributed by atoms with van der Waals surface area (Å²) >= 11 is 0. The summed E-state index contributed by atoms with van der Waals surface area (Å²) in [7, 11) is 5.93. The molecule has 0 aromatic carbocycles. The first-order valence-electron chi connectivity index (χ1n) is 34.5. The van der Waals surface area contributed by atoms with Crippen molar-refractivity contribution < 1.29 is 42.9 Å². The molecule has 0 N–H and O–H groups in total. The number of esters is 2. The number of likely N-dealkylation sites (N-methyl/N-ethyl adjacent to an activating group) is 1. The lowest BCUT2D eigenvalue weighted by Crippen LogP contribution is -2.44. The van der Waals surface area contributed by atoms with E-state index in [1.54, 1.807) is 0 Å². The lowest BCUT2D eigenvalue weighted by atomic mass is 10.0. The third kappa shape index (κ3) is 63.2. The minimum atomic E-state index is -1.62. The third-order valence-electron chi connectivity index (χ3n) is 15.7.